The molecule has 2 heterocycles. The summed E-state index contributed by atoms with van der Waals surface area (Å²) in [6.07, 6.45) is 2.89. The SMILES string of the molecule is O=C(/C=C/c1nc2ccccc2o1)Nc1nnc(SCc2ccccc2)s1. The lowest BCUT2D eigenvalue weighted by Gasteiger charge is -1.96. The summed E-state index contributed by atoms with van der Waals surface area (Å²) in [5.41, 5.74) is 2.65. The van der Waals surface area contributed by atoms with Gasteiger partial charge in [-0.3, -0.25) is 10.1 Å². The van der Waals surface area contributed by atoms with E-state index in [1.807, 2.05) is 42.5 Å². The van der Waals surface area contributed by atoms with Gasteiger partial charge in [0.05, 0.1) is 0 Å². The second kappa shape index (κ2) is 8.15. The van der Waals surface area contributed by atoms with Crippen LogP contribution in [-0.2, 0) is 10.5 Å². The molecule has 4 aromatic rings. The highest BCUT2D eigenvalue weighted by molar-refractivity contribution is 8.00. The van der Waals surface area contributed by atoms with Crippen LogP contribution in [0.4, 0.5) is 5.13 Å². The van der Waals surface area contributed by atoms with Crippen LogP contribution < -0.4 is 5.32 Å². The van der Waals surface area contributed by atoms with Gasteiger partial charge in [0.1, 0.15) is 5.52 Å². The molecule has 8 heteroatoms. The lowest BCUT2D eigenvalue weighted by atomic mass is 10.2. The van der Waals surface area contributed by atoms with Crippen molar-refractivity contribution < 1.29 is 9.21 Å². The zero-order valence-corrected chi connectivity index (χ0v) is 15.7. The van der Waals surface area contributed by atoms with Crippen molar-refractivity contribution in [3.8, 4) is 0 Å². The molecular weight excluding hydrogens is 380 g/mol. The van der Waals surface area contributed by atoms with Crippen LogP contribution in [0, 0.1) is 0 Å². The normalized spacial score (nSPS) is 11.3. The van der Waals surface area contributed by atoms with Crippen LogP contribution in [0.1, 0.15) is 11.5 Å². The van der Waals surface area contributed by atoms with Crippen molar-refractivity contribution in [3.05, 3.63) is 72.1 Å². The molecule has 0 atom stereocenters. The van der Waals surface area contributed by atoms with Crippen LogP contribution in [0.25, 0.3) is 17.2 Å². The fourth-order valence-corrected chi connectivity index (χ4v) is 4.00. The number of rotatable bonds is 6. The molecule has 0 bridgehead atoms. The highest BCUT2D eigenvalue weighted by Gasteiger charge is 2.08. The number of para-hydroxylation sites is 2. The Hall–Kier alpha value is -2.97. The number of oxazole rings is 1. The summed E-state index contributed by atoms with van der Waals surface area (Å²) >= 11 is 2.93. The smallest absolute Gasteiger partial charge is 0.250 e. The number of carbonyl (C=O) groups is 1. The van der Waals surface area contributed by atoms with Gasteiger partial charge < -0.3 is 4.42 Å². The Kier molecular flexibility index (Phi) is 5.27. The number of fused-ring (bicyclic) bond motifs is 1. The average Bonchev–Trinajstić information content (AvgIpc) is 3.32. The Morgan fingerprint density at radius 2 is 1.93 bits per heavy atom. The third-order valence-electron chi connectivity index (χ3n) is 3.53. The van der Waals surface area contributed by atoms with Crippen LogP contribution >= 0.6 is 23.1 Å². The second-order valence-corrected chi connectivity index (χ2v) is 7.69. The molecule has 27 heavy (non-hydrogen) atoms. The maximum Gasteiger partial charge on any atom is 0.250 e. The molecular formula is C19H14N4O2S2. The summed E-state index contributed by atoms with van der Waals surface area (Å²) in [7, 11) is 0. The molecule has 1 amide bonds. The van der Waals surface area contributed by atoms with E-state index >= 15 is 0 Å². The average molecular weight is 394 g/mol. The molecule has 0 unspecified atom stereocenters. The van der Waals surface area contributed by atoms with Gasteiger partial charge in [0, 0.05) is 17.9 Å². The number of aromatic nitrogens is 3. The fraction of sp³-hybridized carbons (Fsp3) is 0.0526. The number of anilines is 1. The predicted molar refractivity (Wildman–Crippen MR) is 108 cm³/mol. The number of amides is 1. The Bertz CT molecular complexity index is 1060. The monoisotopic (exact) mass is 394 g/mol. The largest absolute Gasteiger partial charge is 0.437 e. The molecule has 2 aromatic carbocycles. The van der Waals surface area contributed by atoms with E-state index in [1.54, 1.807) is 11.8 Å². The number of nitrogens with zero attached hydrogens (tertiary/aromatic N) is 3. The Morgan fingerprint density at radius 3 is 2.78 bits per heavy atom. The highest BCUT2D eigenvalue weighted by Crippen LogP contribution is 2.28. The molecule has 0 fully saturated rings. The van der Waals surface area contributed by atoms with Crippen molar-refractivity contribution in [3.63, 3.8) is 0 Å². The first-order chi connectivity index (χ1) is 13.3. The third-order valence-corrected chi connectivity index (χ3v) is 5.57. The molecule has 0 aliphatic heterocycles. The van der Waals surface area contributed by atoms with E-state index in [2.05, 4.69) is 32.6 Å². The van der Waals surface area contributed by atoms with Crippen molar-refractivity contribution >= 4 is 51.3 Å². The fourth-order valence-electron chi connectivity index (χ4n) is 2.29. The second-order valence-electron chi connectivity index (χ2n) is 5.49. The quantitative estimate of drug-likeness (QED) is 0.292. The zero-order valence-electron chi connectivity index (χ0n) is 14.0. The summed E-state index contributed by atoms with van der Waals surface area (Å²) in [5.74, 6) is 0.872. The molecule has 2 aromatic heterocycles. The number of carbonyl (C=O) groups excluding carboxylic acids is 1. The maximum atomic E-state index is 12.1. The lowest BCUT2D eigenvalue weighted by Crippen LogP contribution is -2.07. The Balaban J connectivity index is 1.33. The Morgan fingerprint density at radius 1 is 1.11 bits per heavy atom. The van der Waals surface area contributed by atoms with E-state index in [-0.39, 0.29) is 5.91 Å². The van der Waals surface area contributed by atoms with Gasteiger partial charge in [-0.25, -0.2) is 4.98 Å². The van der Waals surface area contributed by atoms with E-state index in [9.17, 15) is 4.79 Å². The molecule has 4 rings (SSSR count). The van der Waals surface area contributed by atoms with Gasteiger partial charge in [0.25, 0.3) is 0 Å². The van der Waals surface area contributed by atoms with E-state index < -0.39 is 0 Å². The molecule has 134 valence electrons. The first-order valence-electron chi connectivity index (χ1n) is 8.11. The summed E-state index contributed by atoms with van der Waals surface area (Å²) in [6.45, 7) is 0. The van der Waals surface area contributed by atoms with Crippen LogP contribution in [0.15, 0.2) is 69.4 Å². The van der Waals surface area contributed by atoms with Gasteiger partial charge in [-0.1, -0.05) is 65.6 Å². The van der Waals surface area contributed by atoms with E-state index in [4.69, 9.17) is 4.42 Å². The summed E-state index contributed by atoms with van der Waals surface area (Å²) in [4.78, 5) is 16.3. The highest BCUT2D eigenvalue weighted by atomic mass is 32.2. The first-order valence-corrected chi connectivity index (χ1v) is 9.91. The standard InChI is InChI=1S/C19H14N4O2S2/c24-16(10-11-17-20-14-8-4-5-9-15(14)25-17)21-18-22-23-19(27-18)26-12-13-6-2-1-3-7-13/h1-11H,12H2,(H,21,22,24)/b11-10+. The van der Waals surface area contributed by atoms with Gasteiger partial charge in [-0.05, 0) is 17.7 Å². The molecule has 0 saturated heterocycles. The van der Waals surface area contributed by atoms with Gasteiger partial charge >= 0.3 is 0 Å². The van der Waals surface area contributed by atoms with Crippen LogP contribution in [0.3, 0.4) is 0 Å². The van der Waals surface area contributed by atoms with Crippen LogP contribution in [0.2, 0.25) is 0 Å². The molecule has 6 nitrogen and oxygen atoms in total. The summed E-state index contributed by atoms with van der Waals surface area (Å²) < 4.78 is 6.34. The summed E-state index contributed by atoms with van der Waals surface area (Å²) in [6, 6.07) is 17.6. The molecule has 0 aliphatic carbocycles. The van der Waals surface area contributed by atoms with E-state index in [1.165, 1.54) is 29.1 Å². The summed E-state index contributed by atoms with van der Waals surface area (Å²) in [5, 5.41) is 11.3. The van der Waals surface area contributed by atoms with Gasteiger partial charge in [-0.2, -0.15) is 0 Å². The first kappa shape index (κ1) is 17.4. The van der Waals surface area contributed by atoms with Gasteiger partial charge in [0.2, 0.25) is 16.9 Å². The number of hydrogen-bond acceptors (Lipinski definition) is 7. The number of thioether (sulfide) groups is 1. The van der Waals surface area contributed by atoms with Gasteiger partial charge in [0.15, 0.2) is 9.92 Å². The van der Waals surface area contributed by atoms with Crippen molar-refractivity contribution in [2.75, 3.05) is 5.32 Å². The lowest BCUT2D eigenvalue weighted by molar-refractivity contribution is -0.111. The predicted octanol–water partition coefficient (Wildman–Crippen LogP) is 4.62. The van der Waals surface area contributed by atoms with Gasteiger partial charge in [-0.15, -0.1) is 10.2 Å². The van der Waals surface area contributed by atoms with Crippen LogP contribution in [-0.4, -0.2) is 21.1 Å². The molecule has 1 N–H and O–H groups in total. The molecule has 0 radical (unpaired) electrons. The van der Waals surface area contributed by atoms with Crippen molar-refractivity contribution in [1.29, 1.82) is 0 Å². The topological polar surface area (TPSA) is 80.9 Å². The minimum absolute atomic E-state index is 0.312. The van der Waals surface area contributed by atoms with E-state index in [0.29, 0.717) is 16.6 Å². The third kappa shape index (κ3) is 4.60. The van der Waals surface area contributed by atoms with Crippen molar-refractivity contribution in [2.24, 2.45) is 0 Å². The minimum Gasteiger partial charge on any atom is -0.437 e. The van der Waals surface area contributed by atoms with E-state index in [0.717, 1.165) is 15.6 Å². The maximum absolute atomic E-state index is 12.1. The molecule has 0 spiro atoms. The van der Waals surface area contributed by atoms with Crippen molar-refractivity contribution in [1.82, 2.24) is 15.2 Å². The zero-order chi connectivity index (χ0) is 18.5. The number of hydrogen-bond donors (Lipinski definition) is 1. The number of nitrogens with one attached hydrogen (secondary N) is 1. The van der Waals surface area contributed by atoms with Crippen molar-refractivity contribution in [2.45, 2.75) is 10.1 Å². The number of benzene rings is 2. The molecule has 0 aliphatic rings. The molecule has 0 saturated carbocycles. The Labute approximate surface area is 163 Å². The van der Waals surface area contributed by atoms with Crippen LogP contribution in [0.5, 0.6) is 0 Å². The minimum atomic E-state index is -0.312.